The predicted molar refractivity (Wildman–Crippen MR) is 88.5 cm³/mol. The molecule has 118 valence electrons. The zero-order chi connectivity index (χ0) is 16.7. The number of carbonyl (C=O) groups is 2. The van der Waals surface area contributed by atoms with Crippen LogP contribution < -0.4 is 4.74 Å². The van der Waals surface area contributed by atoms with E-state index in [1.165, 1.54) is 7.11 Å². The van der Waals surface area contributed by atoms with Crippen LogP contribution in [0.25, 0.3) is 6.08 Å². The highest BCUT2D eigenvalue weighted by atomic mass is 16.6. The van der Waals surface area contributed by atoms with Crippen molar-refractivity contribution in [1.29, 1.82) is 0 Å². The van der Waals surface area contributed by atoms with Crippen LogP contribution in [-0.2, 0) is 9.53 Å². The molecule has 0 saturated heterocycles. The summed E-state index contributed by atoms with van der Waals surface area (Å²) in [4.78, 5) is 23.1. The van der Waals surface area contributed by atoms with Crippen molar-refractivity contribution < 1.29 is 19.1 Å². The van der Waals surface area contributed by atoms with Crippen molar-refractivity contribution in [3.05, 3.63) is 71.3 Å². The second kappa shape index (κ2) is 7.94. The highest BCUT2D eigenvalue weighted by Gasteiger charge is 2.05. The minimum atomic E-state index is -0.452. The van der Waals surface area contributed by atoms with E-state index in [0.717, 1.165) is 11.1 Å². The van der Waals surface area contributed by atoms with Crippen molar-refractivity contribution in [2.75, 3.05) is 13.7 Å². The standard InChI is InChI=1S/C19H18O4/c1-14-5-3-4-6-15(14)9-12-18(20)16-7-10-17(11-8-16)23-13-19(21)22-2/h3-12H,13H2,1-2H3. The van der Waals surface area contributed by atoms with Crippen LogP contribution in [-0.4, -0.2) is 25.5 Å². The number of allylic oxidation sites excluding steroid dienone is 1. The molecule has 2 aromatic carbocycles. The van der Waals surface area contributed by atoms with Gasteiger partial charge in [0.05, 0.1) is 7.11 Å². The summed E-state index contributed by atoms with van der Waals surface area (Å²) in [6.07, 6.45) is 3.35. The fraction of sp³-hybridized carbons (Fsp3) is 0.158. The topological polar surface area (TPSA) is 52.6 Å². The van der Waals surface area contributed by atoms with Crippen molar-refractivity contribution in [2.24, 2.45) is 0 Å². The number of aryl methyl sites for hydroxylation is 1. The Labute approximate surface area is 135 Å². The van der Waals surface area contributed by atoms with Crippen LogP contribution in [0, 0.1) is 6.92 Å². The lowest BCUT2D eigenvalue weighted by Gasteiger charge is -2.05. The maximum absolute atomic E-state index is 12.2. The molecule has 0 aliphatic heterocycles. The number of hydrogen-bond donors (Lipinski definition) is 0. The summed E-state index contributed by atoms with van der Waals surface area (Å²) in [5.41, 5.74) is 2.68. The van der Waals surface area contributed by atoms with Gasteiger partial charge >= 0.3 is 5.97 Å². The third kappa shape index (κ3) is 4.81. The molecule has 0 heterocycles. The Hall–Kier alpha value is -2.88. The summed E-state index contributed by atoms with van der Waals surface area (Å²) < 4.78 is 9.72. The number of esters is 1. The lowest BCUT2D eigenvalue weighted by atomic mass is 10.1. The molecule has 4 heteroatoms. The molecule has 0 amide bonds. The van der Waals surface area contributed by atoms with E-state index in [9.17, 15) is 9.59 Å². The quantitative estimate of drug-likeness (QED) is 0.466. The van der Waals surface area contributed by atoms with E-state index < -0.39 is 5.97 Å². The summed E-state index contributed by atoms with van der Waals surface area (Å²) in [5, 5.41) is 0. The van der Waals surface area contributed by atoms with Gasteiger partial charge in [0, 0.05) is 5.56 Å². The third-order valence-electron chi connectivity index (χ3n) is 3.33. The third-order valence-corrected chi connectivity index (χ3v) is 3.33. The van der Waals surface area contributed by atoms with Gasteiger partial charge < -0.3 is 9.47 Å². The Balaban J connectivity index is 2.00. The first-order chi connectivity index (χ1) is 11.1. The molecule has 0 spiro atoms. The SMILES string of the molecule is COC(=O)COc1ccc(C(=O)C=Cc2ccccc2C)cc1. The number of methoxy groups -OCH3 is 1. The largest absolute Gasteiger partial charge is 0.482 e. The normalized spacial score (nSPS) is 10.5. The molecule has 0 unspecified atom stereocenters. The van der Waals surface area contributed by atoms with Crippen molar-refractivity contribution in [3.63, 3.8) is 0 Å². The van der Waals surface area contributed by atoms with E-state index in [1.54, 1.807) is 36.4 Å². The van der Waals surface area contributed by atoms with Gasteiger partial charge in [-0.2, -0.15) is 0 Å². The van der Waals surface area contributed by atoms with Gasteiger partial charge in [-0.3, -0.25) is 4.79 Å². The molecule has 0 aliphatic rings. The van der Waals surface area contributed by atoms with Gasteiger partial charge in [0.2, 0.25) is 0 Å². The molecule has 0 aromatic heterocycles. The predicted octanol–water partition coefficient (Wildman–Crippen LogP) is 3.44. The molecule has 0 N–H and O–H groups in total. The van der Waals surface area contributed by atoms with E-state index in [1.807, 2.05) is 31.2 Å². The summed E-state index contributed by atoms with van der Waals surface area (Å²) in [5.74, 6) is -0.0334. The van der Waals surface area contributed by atoms with Gasteiger partial charge in [-0.25, -0.2) is 4.79 Å². The Bertz CT molecular complexity index is 714. The lowest BCUT2D eigenvalue weighted by molar-refractivity contribution is -0.142. The number of rotatable bonds is 6. The lowest BCUT2D eigenvalue weighted by Crippen LogP contribution is -2.12. The molecule has 4 nitrogen and oxygen atoms in total. The van der Waals surface area contributed by atoms with Gasteiger partial charge in [0.1, 0.15) is 5.75 Å². The van der Waals surface area contributed by atoms with E-state index >= 15 is 0 Å². The first-order valence-corrected chi connectivity index (χ1v) is 7.18. The first kappa shape index (κ1) is 16.5. The second-order valence-electron chi connectivity index (χ2n) is 4.94. The van der Waals surface area contributed by atoms with Gasteiger partial charge in [-0.1, -0.05) is 30.3 Å². The fourth-order valence-electron chi connectivity index (χ4n) is 1.95. The van der Waals surface area contributed by atoms with Gasteiger partial charge in [-0.05, 0) is 48.4 Å². The van der Waals surface area contributed by atoms with Gasteiger partial charge in [-0.15, -0.1) is 0 Å². The molecule has 2 rings (SSSR count). The minimum Gasteiger partial charge on any atom is -0.482 e. The smallest absolute Gasteiger partial charge is 0.343 e. The first-order valence-electron chi connectivity index (χ1n) is 7.18. The second-order valence-corrected chi connectivity index (χ2v) is 4.94. The maximum atomic E-state index is 12.2. The molecule has 0 fully saturated rings. The number of ether oxygens (including phenoxy) is 2. The number of hydrogen-bond acceptors (Lipinski definition) is 4. The van der Waals surface area contributed by atoms with E-state index in [4.69, 9.17) is 4.74 Å². The molecule has 23 heavy (non-hydrogen) atoms. The molecule has 0 radical (unpaired) electrons. The summed E-state index contributed by atoms with van der Waals surface area (Å²) >= 11 is 0. The van der Waals surface area contributed by atoms with Crippen LogP contribution in [0.1, 0.15) is 21.5 Å². The molecule has 2 aromatic rings. The summed E-state index contributed by atoms with van der Waals surface area (Å²) in [6, 6.07) is 14.5. The molecule has 0 aliphatic carbocycles. The number of benzene rings is 2. The Morgan fingerprint density at radius 1 is 1.04 bits per heavy atom. The zero-order valence-electron chi connectivity index (χ0n) is 13.1. The van der Waals surface area contributed by atoms with Crippen LogP contribution >= 0.6 is 0 Å². The molecule has 0 saturated carbocycles. The van der Waals surface area contributed by atoms with E-state index in [0.29, 0.717) is 11.3 Å². The van der Waals surface area contributed by atoms with Gasteiger partial charge in [0.25, 0.3) is 0 Å². The summed E-state index contributed by atoms with van der Waals surface area (Å²) in [7, 11) is 1.30. The van der Waals surface area contributed by atoms with Gasteiger partial charge in [0.15, 0.2) is 12.4 Å². The Morgan fingerprint density at radius 2 is 1.74 bits per heavy atom. The van der Waals surface area contributed by atoms with Crippen LogP contribution in [0.5, 0.6) is 5.75 Å². The highest BCUT2D eigenvalue weighted by Crippen LogP contribution is 2.14. The maximum Gasteiger partial charge on any atom is 0.343 e. The monoisotopic (exact) mass is 310 g/mol. The van der Waals surface area contributed by atoms with Crippen LogP contribution in [0.15, 0.2) is 54.6 Å². The number of ketones is 1. The van der Waals surface area contributed by atoms with E-state index in [-0.39, 0.29) is 12.4 Å². The van der Waals surface area contributed by atoms with Crippen LogP contribution in [0.2, 0.25) is 0 Å². The van der Waals surface area contributed by atoms with E-state index in [2.05, 4.69) is 4.74 Å². The number of carbonyl (C=O) groups excluding carboxylic acids is 2. The van der Waals surface area contributed by atoms with Crippen LogP contribution in [0.3, 0.4) is 0 Å². The molecular formula is C19H18O4. The van der Waals surface area contributed by atoms with Crippen LogP contribution in [0.4, 0.5) is 0 Å². The minimum absolute atomic E-state index is 0.0900. The summed E-state index contributed by atoms with van der Waals surface area (Å²) in [6.45, 7) is 1.84. The molecule has 0 atom stereocenters. The zero-order valence-corrected chi connectivity index (χ0v) is 13.1. The Morgan fingerprint density at radius 3 is 2.39 bits per heavy atom. The molecular weight excluding hydrogens is 292 g/mol. The molecule has 0 bridgehead atoms. The van der Waals surface area contributed by atoms with Crippen molar-refractivity contribution in [3.8, 4) is 5.75 Å². The van der Waals surface area contributed by atoms with Crippen molar-refractivity contribution >= 4 is 17.8 Å². The highest BCUT2D eigenvalue weighted by molar-refractivity contribution is 6.06. The Kier molecular flexibility index (Phi) is 5.69. The van der Waals surface area contributed by atoms with Crippen molar-refractivity contribution in [1.82, 2.24) is 0 Å². The average molecular weight is 310 g/mol. The average Bonchev–Trinajstić information content (AvgIpc) is 2.59. The van der Waals surface area contributed by atoms with Crippen molar-refractivity contribution in [2.45, 2.75) is 6.92 Å². The fourth-order valence-corrected chi connectivity index (χ4v) is 1.95.